The molecule has 5 heteroatoms. The second-order valence-corrected chi connectivity index (χ2v) is 3.93. The SMILES string of the molecule is COc1ccc(C#N)cc1Cn1cc(Cl)cn1. The van der Waals surface area contributed by atoms with Crippen LogP contribution in [-0.4, -0.2) is 16.9 Å². The van der Waals surface area contributed by atoms with Crippen LogP contribution in [0, 0.1) is 11.3 Å². The molecule has 0 unspecified atom stereocenters. The fourth-order valence-corrected chi connectivity index (χ4v) is 1.73. The van der Waals surface area contributed by atoms with E-state index in [4.69, 9.17) is 21.6 Å². The van der Waals surface area contributed by atoms with E-state index in [1.165, 1.54) is 0 Å². The van der Waals surface area contributed by atoms with Crippen LogP contribution >= 0.6 is 11.6 Å². The van der Waals surface area contributed by atoms with Gasteiger partial charge in [0.15, 0.2) is 0 Å². The van der Waals surface area contributed by atoms with Crippen molar-refractivity contribution in [3.05, 3.63) is 46.7 Å². The monoisotopic (exact) mass is 247 g/mol. The average molecular weight is 248 g/mol. The van der Waals surface area contributed by atoms with E-state index >= 15 is 0 Å². The molecule has 0 saturated heterocycles. The Hall–Kier alpha value is -1.99. The highest BCUT2D eigenvalue weighted by atomic mass is 35.5. The van der Waals surface area contributed by atoms with E-state index in [2.05, 4.69) is 11.2 Å². The van der Waals surface area contributed by atoms with Crippen LogP contribution in [0.4, 0.5) is 0 Å². The summed E-state index contributed by atoms with van der Waals surface area (Å²) in [5.41, 5.74) is 1.49. The minimum absolute atomic E-state index is 0.519. The summed E-state index contributed by atoms with van der Waals surface area (Å²) in [6.07, 6.45) is 3.29. The summed E-state index contributed by atoms with van der Waals surface area (Å²) in [7, 11) is 1.60. The van der Waals surface area contributed by atoms with Crippen molar-refractivity contribution in [1.82, 2.24) is 9.78 Å². The highest BCUT2D eigenvalue weighted by Gasteiger charge is 2.06. The van der Waals surface area contributed by atoms with E-state index in [1.54, 1.807) is 42.4 Å². The van der Waals surface area contributed by atoms with Crippen LogP contribution in [0.2, 0.25) is 5.02 Å². The molecule has 86 valence electrons. The van der Waals surface area contributed by atoms with E-state index in [1.807, 2.05) is 0 Å². The Morgan fingerprint density at radius 1 is 1.53 bits per heavy atom. The molecule has 1 aromatic heterocycles. The molecule has 0 spiro atoms. The molecule has 0 aliphatic rings. The normalized spacial score (nSPS) is 9.94. The Kier molecular flexibility index (Phi) is 3.31. The number of hydrogen-bond acceptors (Lipinski definition) is 3. The Labute approximate surface area is 104 Å². The number of halogens is 1. The molecule has 0 N–H and O–H groups in total. The number of methoxy groups -OCH3 is 1. The van der Waals surface area contributed by atoms with Gasteiger partial charge in [-0.25, -0.2) is 0 Å². The molecule has 0 atom stereocenters. The zero-order valence-electron chi connectivity index (χ0n) is 9.22. The molecule has 0 saturated carbocycles. The van der Waals surface area contributed by atoms with Gasteiger partial charge in [0, 0.05) is 11.8 Å². The predicted octanol–water partition coefficient (Wildman–Crippen LogP) is 2.47. The predicted molar refractivity (Wildman–Crippen MR) is 64.0 cm³/mol. The second-order valence-electron chi connectivity index (χ2n) is 3.49. The fraction of sp³-hybridized carbons (Fsp3) is 0.167. The highest BCUT2D eigenvalue weighted by Crippen LogP contribution is 2.21. The first-order valence-corrected chi connectivity index (χ1v) is 5.35. The molecule has 17 heavy (non-hydrogen) atoms. The van der Waals surface area contributed by atoms with Gasteiger partial charge in [-0.1, -0.05) is 11.6 Å². The lowest BCUT2D eigenvalue weighted by Gasteiger charge is -2.08. The summed E-state index contributed by atoms with van der Waals surface area (Å²) in [5, 5.41) is 13.5. The summed E-state index contributed by atoms with van der Waals surface area (Å²) >= 11 is 5.79. The van der Waals surface area contributed by atoms with Gasteiger partial charge in [-0.2, -0.15) is 10.4 Å². The summed E-state index contributed by atoms with van der Waals surface area (Å²) in [6, 6.07) is 7.38. The van der Waals surface area contributed by atoms with Crippen molar-refractivity contribution in [2.24, 2.45) is 0 Å². The lowest BCUT2D eigenvalue weighted by Crippen LogP contribution is -2.02. The molecular formula is C12H10ClN3O. The van der Waals surface area contributed by atoms with Crippen molar-refractivity contribution in [1.29, 1.82) is 5.26 Å². The van der Waals surface area contributed by atoms with Gasteiger partial charge in [0.1, 0.15) is 5.75 Å². The summed E-state index contributed by atoms with van der Waals surface area (Å²) < 4.78 is 6.94. The number of rotatable bonds is 3. The number of ether oxygens (including phenoxy) is 1. The molecular weight excluding hydrogens is 238 g/mol. The Balaban J connectivity index is 2.33. The van der Waals surface area contributed by atoms with Crippen molar-refractivity contribution in [3.8, 4) is 11.8 Å². The summed E-state index contributed by atoms with van der Waals surface area (Å²) in [4.78, 5) is 0. The van der Waals surface area contributed by atoms with Gasteiger partial charge in [-0.15, -0.1) is 0 Å². The second kappa shape index (κ2) is 4.89. The quantitative estimate of drug-likeness (QED) is 0.837. The first-order chi connectivity index (χ1) is 8.22. The maximum absolute atomic E-state index is 8.86. The Morgan fingerprint density at radius 3 is 2.94 bits per heavy atom. The summed E-state index contributed by atoms with van der Waals surface area (Å²) in [5.74, 6) is 0.732. The molecule has 1 heterocycles. The lowest BCUT2D eigenvalue weighted by atomic mass is 10.1. The van der Waals surface area contributed by atoms with E-state index in [0.717, 1.165) is 11.3 Å². The first-order valence-electron chi connectivity index (χ1n) is 4.98. The van der Waals surface area contributed by atoms with Crippen LogP contribution in [0.25, 0.3) is 0 Å². The Bertz CT molecular complexity index is 571. The van der Waals surface area contributed by atoms with Gasteiger partial charge >= 0.3 is 0 Å². The molecule has 0 aliphatic carbocycles. The van der Waals surface area contributed by atoms with Crippen molar-refractivity contribution in [2.45, 2.75) is 6.54 Å². The van der Waals surface area contributed by atoms with Gasteiger partial charge in [-0.3, -0.25) is 4.68 Å². The van der Waals surface area contributed by atoms with Gasteiger partial charge in [0.2, 0.25) is 0 Å². The number of nitriles is 1. The minimum atomic E-state index is 0.519. The molecule has 0 bridgehead atoms. The molecule has 4 nitrogen and oxygen atoms in total. The zero-order valence-corrected chi connectivity index (χ0v) is 9.98. The number of hydrogen-bond donors (Lipinski definition) is 0. The van der Waals surface area contributed by atoms with Gasteiger partial charge < -0.3 is 4.74 Å². The highest BCUT2D eigenvalue weighted by molar-refractivity contribution is 6.30. The molecule has 0 fully saturated rings. The van der Waals surface area contributed by atoms with Crippen molar-refractivity contribution < 1.29 is 4.74 Å². The Morgan fingerprint density at radius 2 is 2.35 bits per heavy atom. The fourth-order valence-electron chi connectivity index (χ4n) is 1.57. The van der Waals surface area contributed by atoms with Crippen LogP contribution < -0.4 is 4.74 Å². The van der Waals surface area contributed by atoms with E-state index in [9.17, 15) is 0 Å². The van der Waals surface area contributed by atoms with Crippen LogP contribution in [-0.2, 0) is 6.54 Å². The van der Waals surface area contributed by atoms with E-state index in [-0.39, 0.29) is 0 Å². The van der Waals surface area contributed by atoms with Crippen LogP contribution in [0.5, 0.6) is 5.75 Å². The van der Waals surface area contributed by atoms with Gasteiger partial charge in [0.25, 0.3) is 0 Å². The largest absolute Gasteiger partial charge is 0.496 e. The molecule has 0 amide bonds. The third kappa shape index (κ3) is 2.58. The van der Waals surface area contributed by atoms with Crippen LogP contribution in [0.3, 0.4) is 0 Å². The zero-order chi connectivity index (χ0) is 12.3. The number of nitrogens with zero attached hydrogens (tertiary/aromatic N) is 3. The molecule has 1 aromatic carbocycles. The third-order valence-electron chi connectivity index (χ3n) is 2.34. The van der Waals surface area contributed by atoms with Gasteiger partial charge in [0.05, 0.1) is 36.5 Å². The van der Waals surface area contributed by atoms with Crippen LogP contribution in [0.1, 0.15) is 11.1 Å². The van der Waals surface area contributed by atoms with Gasteiger partial charge in [-0.05, 0) is 18.2 Å². The third-order valence-corrected chi connectivity index (χ3v) is 2.54. The van der Waals surface area contributed by atoms with Crippen molar-refractivity contribution >= 4 is 11.6 Å². The lowest BCUT2D eigenvalue weighted by molar-refractivity contribution is 0.407. The minimum Gasteiger partial charge on any atom is -0.496 e. The molecule has 2 rings (SSSR count). The van der Waals surface area contributed by atoms with Crippen molar-refractivity contribution in [3.63, 3.8) is 0 Å². The van der Waals surface area contributed by atoms with E-state index in [0.29, 0.717) is 17.1 Å². The van der Waals surface area contributed by atoms with Crippen LogP contribution in [0.15, 0.2) is 30.6 Å². The number of benzene rings is 1. The van der Waals surface area contributed by atoms with Crippen molar-refractivity contribution in [2.75, 3.05) is 7.11 Å². The smallest absolute Gasteiger partial charge is 0.124 e. The maximum atomic E-state index is 8.86. The first kappa shape index (κ1) is 11.5. The standard InChI is InChI=1S/C12H10ClN3O/c1-17-12-3-2-9(5-14)4-10(12)7-16-8-11(13)6-15-16/h2-4,6,8H,7H2,1H3. The average Bonchev–Trinajstić information content (AvgIpc) is 2.74. The topological polar surface area (TPSA) is 50.8 Å². The maximum Gasteiger partial charge on any atom is 0.124 e. The molecule has 2 aromatic rings. The molecule has 0 radical (unpaired) electrons. The van der Waals surface area contributed by atoms with E-state index < -0.39 is 0 Å². The summed E-state index contributed by atoms with van der Waals surface area (Å²) in [6.45, 7) is 0.519. The number of aromatic nitrogens is 2. The molecule has 0 aliphatic heterocycles.